The molecule has 2 rings (SSSR count). The molecule has 4 nitrogen and oxygen atoms in total. The minimum Gasteiger partial charge on any atom is -0.395 e. The molecule has 2 atom stereocenters. The SMILES string of the molecule is C[C@@]12CC=CC[C@H]1C(=O)N(CCO)C2=O. The second kappa shape index (κ2) is 3.45. The molecule has 0 unspecified atom stereocenters. The highest BCUT2D eigenvalue weighted by Gasteiger charge is 2.55. The van der Waals surface area contributed by atoms with E-state index in [0.717, 1.165) is 0 Å². The van der Waals surface area contributed by atoms with Crippen LogP contribution in [0.1, 0.15) is 19.8 Å². The minimum atomic E-state index is -0.568. The number of rotatable bonds is 2. The monoisotopic (exact) mass is 209 g/mol. The standard InChI is InChI=1S/C11H15NO3/c1-11-5-3-2-4-8(11)9(14)12(6-7-13)10(11)15/h2-3,8,13H,4-7H2,1H3/t8-,11+/m0/s1. The van der Waals surface area contributed by atoms with E-state index in [9.17, 15) is 9.59 Å². The topological polar surface area (TPSA) is 57.6 Å². The molecule has 0 saturated carbocycles. The zero-order valence-electron chi connectivity index (χ0n) is 8.77. The molecule has 0 aromatic carbocycles. The molecule has 0 spiro atoms. The van der Waals surface area contributed by atoms with Crippen molar-refractivity contribution in [3.8, 4) is 0 Å². The third kappa shape index (κ3) is 1.32. The van der Waals surface area contributed by atoms with Crippen LogP contribution in [0.4, 0.5) is 0 Å². The predicted octanol–water partition coefficient (Wildman–Crippen LogP) is 0.320. The molecule has 0 aromatic rings. The number of likely N-dealkylation sites (tertiary alicyclic amines) is 1. The fourth-order valence-corrected chi connectivity index (χ4v) is 2.48. The van der Waals surface area contributed by atoms with Gasteiger partial charge in [-0.05, 0) is 19.8 Å². The average Bonchev–Trinajstić information content (AvgIpc) is 2.41. The summed E-state index contributed by atoms with van der Waals surface area (Å²) in [5.41, 5.74) is -0.568. The Balaban J connectivity index is 2.32. The lowest BCUT2D eigenvalue weighted by atomic mass is 9.72. The van der Waals surface area contributed by atoms with E-state index in [2.05, 4.69) is 0 Å². The number of hydrogen-bond donors (Lipinski definition) is 1. The second-order valence-electron chi connectivity index (χ2n) is 4.40. The Morgan fingerprint density at radius 3 is 2.87 bits per heavy atom. The van der Waals surface area contributed by atoms with Crippen molar-refractivity contribution in [2.45, 2.75) is 19.8 Å². The third-order valence-corrected chi connectivity index (χ3v) is 3.47. The van der Waals surface area contributed by atoms with Crippen molar-refractivity contribution in [1.82, 2.24) is 4.90 Å². The molecule has 1 fully saturated rings. The number of nitrogens with zero attached hydrogens (tertiary/aromatic N) is 1. The normalized spacial score (nSPS) is 34.8. The number of hydrogen-bond acceptors (Lipinski definition) is 3. The Morgan fingerprint density at radius 1 is 1.53 bits per heavy atom. The van der Waals surface area contributed by atoms with E-state index < -0.39 is 5.41 Å². The number of fused-ring (bicyclic) bond motifs is 1. The minimum absolute atomic E-state index is 0.124. The highest BCUT2D eigenvalue weighted by Crippen LogP contribution is 2.45. The quantitative estimate of drug-likeness (QED) is 0.526. The number of carbonyl (C=O) groups is 2. The Bertz CT molecular complexity index is 337. The largest absolute Gasteiger partial charge is 0.395 e. The van der Waals surface area contributed by atoms with Crippen LogP contribution in [-0.4, -0.2) is 35.0 Å². The van der Waals surface area contributed by atoms with Crippen LogP contribution in [0.3, 0.4) is 0 Å². The Morgan fingerprint density at radius 2 is 2.27 bits per heavy atom. The number of amides is 2. The van der Waals surface area contributed by atoms with Gasteiger partial charge < -0.3 is 5.11 Å². The van der Waals surface area contributed by atoms with Gasteiger partial charge in [0.1, 0.15) is 0 Å². The molecule has 1 aliphatic carbocycles. The fraction of sp³-hybridized carbons (Fsp3) is 0.636. The van der Waals surface area contributed by atoms with Crippen LogP contribution in [-0.2, 0) is 9.59 Å². The predicted molar refractivity (Wildman–Crippen MR) is 53.8 cm³/mol. The number of β-amino-alcohol motifs (C(OH)–C–C–N with tert-alkyl or cyclic N) is 1. The van der Waals surface area contributed by atoms with Gasteiger partial charge in [0.25, 0.3) is 0 Å². The highest BCUT2D eigenvalue weighted by atomic mass is 16.3. The van der Waals surface area contributed by atoms with Gasteiger partial charge in [-0.2, -0.15) is 0 Å². The number of allylic oxidation sites excluding steroid dienone is 2. The number of imide groups is 1. The summed E-state index contributed by atoms with van der Waals surface area (Å²) >= 11 is 0. The molecule has 2 amide bonds. The number of carbonyl (C=O) groups excluding carboxylic acids is 2. The van der Waals surface area contributed by atoms with E-state index in [0.29, 0.717) is 12.8 Å². The Kier molecular flexibility index (Phi) is 2.38. The maximum Gasteiger partial charge on any atom is 0.236 e. The number of aliphatic hydroxyl groups is 1. The van der Waals surface area contributed by atoms with Gasteiger partial charge in [0.15, 0.2) is 0 Å². The first kappa shape index (κ1) is 10.4. The molecule has 0 aromatic heterocycles. The van der Waals surface area contributed by atoms with Crippen LogP contribution in [0.2, 0.25) is 0 Å². The van der Waals surface area contributed by atoms with Gasteiger partial charge in [0.2, 0.25) is 11.8 Å². The molecule has 0 radical (unpaired) electrons. The summed E-state index contributed by atoms with van der Waals surface area (Å²) in [6.45, 7) is 1.82. The van der Waals surface area contributed by atoms with Crippen LogP contribution in [0, 0.1) is 11.3 Å². The number of aliphatic hydroxyl groups excluding tert-OH is 1. The lowest BCUT2D eigenvalue weighted by molar-refractivity contribution is -0.141. The molecule has 2 aliphatic rings. The summed E-state index contributed by atoms with van der Waals surface area (Å²) in [5, 5.41) is 8.82. The van der Waals surface area contributed by atoms with Crippen LogP contribution in [0.15, 0.2) is 12.2 Å². The van der Waals surface area contributed by atoms with Gasteiger partial charge in [-0.15, -0.1) is 0 Å². The summed E-state index contributed by atoms with van der Waals surface area (Å²) in [6.07, 6.45) is 5.19. The van der Waals surface area contributed by atoms with Crippen LogP contribution in [0.25, 0.3) is 0 Å². The first-order valence-corrected chi connectivity index (χ1v) is 5.23. The van der Waals surface area contributed by atoms with E-state index in [1.165, 1.54) is 4.90 Å². The summed E-state index contributed by atoms with van der Waals surface area (Å²) < 4.78 is 0. The van der Waals surface area contributed by atoms with E-state index in [4.69, 9.17) is 5.11 Å². The molecular weight excluding hydrogens is 194 g/mol. The van der Waals surface area contributed by atoms with Gasteiger partial charge in [0.05, 0.1) is 24.5 Å². The van der Waals surface area contributed by atoms with Crippen LogP contribution >= 0.6 is 0 Å². The van der Waals surface area contributed by atoms with Gasteiger partial charge in [0, 0.05) is 0 Å². The van der Waals surface area contributed by atoms with Crippen LogP contribution < -0.4 is 0 Å². The first-order valence-electron chi connectivity index (χ1n) is 5.23. The second-order valence-corrected chi connectivity index (χ2v) is 4.40. The van der Waals surface area contributed by atoms with Gasteiger partial charge in [-0.1, -0.05) is 12.2 Å². The molecule has 4 heteroatoms. The lowest BCUT2D eigenvalue weighted by Gasteiger charge is -2.27. The van der Waals surface area contributed by atoms with Crippen molar-refractivity contribution in [3.63, 3.8) is 0 Å². The smallest absolute Gasteiger partial charge is 0.236 e. The van der Waals surface area contributed by atoms with Crippen molar-refractivity contribution >= 4 is 11.8 Å². The maximum atomic E-state index is 12.0. The summed E-state index contributed by atoms with van der Waals surface area (Å²) in [7, 11) is 0. The average molecular weight is 209 g/mol. The van der Waals surface area contributed by atoms with E-state index in [1.54, 1.807) is 0 Å². The summed E-state index contributed by atoms with van der Waals surface area (Å²) in [5.74, 6) is -0.474. The molecule has 0 bridgehead atoms. The fourth-order valence-electron chi connectivity index (χ4n) is 2.48. The van der Waals surface area contributed by atoms with Crippen molar-refractivity contribution in [1.29, 1.82) is 0 Å². The van der Waals surface area contributed by atoms with E-state index in [-0.39, 0.29) is 30.9 Å². The van der Waals surface area contributed by atoms with Crippen molar-refractivity contribution < 1.29 is 14.7 Å². The molecule has 15 heavy (non-hydrogen) atoms. The van der Waals surface area contributed by atoms with Gasteiger partial charge in [-0.25, -0.2) is 0 Å². The molecular formula is C11H15NO3. The lowest BCUT2D eigenvalue weighted by Crippen LogP contribution is -2.36. The van der Waals surface area contributed by atoms with Gasteiger partial charge >= 0.3 is 0 Å². The maximum absolute atomic E-state index is 12.0. The first-order chi connectivity index (χ1) is 7.11. The molecule has 1 aliphatic heterocycles. The molecule has 1 saturated heterocycles. The van der Waals surface area contributed by atoms with E-state index in [1.807, 2.05) is 19.1 Å². The zero-order chi connectivity index (χ0) is 11.1. The summed E-state index contributed by atoms with van der Waals surface area (Å²) in [4.78, 5) is 25.1. The zero-order valence-corrected chi connectivity index (χ0v) is 8.77. The van der Waals surface area contributed by atoms with Crippen molar-refractivity contribution in [2.24, 2.45) is 11.3 Å². The summed E-state index contributed by atoms with van der Waals surface area (Å²) in [6, 6.07) is 0. The highest BCUT2D eigenvalue weighted by molar-refractivity contribution is 6.07. The van der Waals surface area contributed by atoms with Crippen molar-refractivity contribution in [2.75, 3.05) is 13.2 Å². The van der Waals surface area contributed by atoms with E-state index >= 15 is 0 Å². The van der Waals surface area contributed by atoms with Gasteiger partial charge in [-0.3, -0.25) is 14.5 Å². The van der Waals surface area contributed by atoms with Crippen LogP contribution in [0.5, 0.6) is 0 Å². The third-order valence-electron chi connectivity index (χ3n) is 3.47. The molecule has 82 valence electrons. The Labute approximate surface area is 88.6 Å². The van der Waals surface area contributed by atoms with Crippen molar-refractivity contribution in [3.05, 3.63) is 12.2 Å². The molecule has 1 N–H and O–H groups in total. The molecule has 1 heterocycles. The Hall–Kier alpha value is -1.16.